The molecule has 0 aromatic carbocycles. The van der Waals surface area contributed by atoms with E-state index in [4.69, 9.17) is 37.0 Å². The van der Waals surface area contributed by atoms with Gasteiger partial charge in [-0.15, -0.1) is 0 Å². The molecule has 0 saturated carbocycles. The maximum atomic E-state index is 13.1. The summed E-state index contributed by atoms with van der Waals surface area (Å²) in [6, 6.07) is 0. The minimum absolute atomic E-state index is 0.104. The zero-order valence-electron chi connectivity index (χ0n) is 64.4. The van der Waals surface area contributed by atoms with E-state index in [0.29, 0.717) is 31.6 Å². The summed E-state index contributed by atoms with van der Waals surface area (Å²) in [6.45, 7) is 14.2. The van der Waals surface area contributed by atoms with Gasteiger partial charge in [-0.05, 0) is 49.4 Å². The third-order valence-corrected chi connectivity index (χ3v) is 20.6. The van der Waals surface area contributed by atoms with Gasteiger partial charge in [-0.1, -0.05) is 351 Å². The summed E-state index contributed by atoms with van der Waals surface area (Å²) >= 11 is 0. The molecule has 19 heteroatoms. The van der Waals surface area contributed by atoms with Crippen LogP contribution in [0.25, 0.3) is 0 Å². The Bertz CT molecular complexity index is 1920. The van der Waals surface area contributed by atoms with Crippen molar-refractivity contribution in [2.24, 2.45) is 23.7 Å². The number of phosphoric ester groups is 2. The topological polar surface area (TPSA) is 237 Å². The van der Waals surface area contributed by atoms with Crippen LogP contribution in [0.2, 0.25) is 0 Å². The van der Waals surface area contributed by atoms with Gasteiger partial charge in [0.1, 0.15) is 19.3 Å². The van der Waals surface area contributed by atoms with E-state index in [1.54, 1.807) is 0 Å². The van der Waals surface area contributed by atoms with Crippen molar-refractivity contribution in [1.29, 1.82) is 0 Å². The Balaban J connectivity index is 5.22. The predicted molar refractivity (Wildman–Crippen MR) is 400 cm³/mol. The minimum atomic E-state index is -4.96. The lowest BCUT2D eigenvalue weighted by Gasteiger charge is -2.21. The van der Waals surface area contributed by atoms with Gasteiger partial charge >= 0.3 is 39.5 Å². The van der Waals surface area contributed by atoms with Crippen LogP contribution in [0, 0.1) is 23.7 Å². The van der Waals surface area contributed by atoms with Gasteiger partial charge < -0.3 is 33.8 Å². The van der Waals surface area contributed by atoms with E-state index < -0.39 is 97.5 Å². The average Bonchev–Trinajstić information content (AvgIpc) is 1.23. The highest BCUT2D eigenvalue weighted by molar-refractivity contribution is 7.47. The molecule has 17 nitrogen and oxygen atoms in total. The maximum Gasteiger partial charge on any atom is 0.472 e. The van der Waals surface area contributed by atoms with Crippen LogP contribution < -0.4 is 0 Å². The van der Waals surface area contributed by atoms with Crippen LogP contribution in [0.5, 0.6) is 0 Å². The molecule has 582 valence electrons. The largest absolute Gasteiger partial charge is 0.472 e. The Hall–Kier alpha value is -1.94. The summed E-state index contributed by atoms with van der Waals surface area (Å²) in [5.41, 5.74) is 0. The van der Waals surface area contributed by atoms with Crippen LogP contribution in [-0.2, 0) is 65.4 Å². The zero-order chi connectivity index (χ0) is 72.4. The molecule has 0 aliphatic carbocycles. The van der Waals surface area contributed by atoms with E-state index in [-0.39, 0.29) is 25.7 Å². The minimum Gasteiger partial charge on any atom is -0.462 e. The molecule has 0 heterocycles. The smallest absolute Gasteiger partial charge is 0.462 e. The number of esters is 4. The zero-order valence-corrected chi connectivity index (χ0v) is 66.2. The molecule has 0 rings (SSSR count). The molecule has 98 heavy (non-hydrogen) atoms. The summed E-state index contributed by atoms with van der Waals surface area (Å²) in [6.07, 6.45) is 54.3. The number of unbranched alkanes of at least 4 members (excludes halogenated alkanes) is 41. The van der Waals surface area contributed by atoms with Crippen molar-refractivity contribution in [3.63, 3.8) is 0 Å². The van der Waals surface area contributed by atoms with Crippen molar-refractivity contribution < 1.29 is 80.2 Å². The molecule has 0 bridgehead atoms. The molecule has 0 aliphatic heterocycles. The lowest BCUT2D eigenvalue weighted by atomic mass is 9.99. The van der Waals surface area contributed by atoms with Gasteiger partial charge in [0.15, 0.2) is 12.2 Å². The Morgan fingerprint density at radius 1 is 0.286 bits per heavy atom. The van der Waals surface area contributed by atoms with Gasteiger partial charge in [-0.2, -0.15) is 0 Å². The number of aliphatic hydroxyl groups excluding tert-OH is 1. The van der Waals surface area contributed by atoms with Gasteiger partial charge in [0.25, 0.3) is 0 Å². The standard InChI is InChI=1S/C79H154O17P2/c1-9-72(8)58-50-42-33-27-21-17-14-15-18-22-28-34-43-51-59-76(81)89-65-74(95-78(83)61-53-45-35-29-23-19-13-11-10-12-16-20-25-31-39-47-55-69(2)3)67-93-97(85,86)91-63-73(80)64-92-98(87,88)94-68-75(66-90-77(82)60-52-44-38-37-41-49-57-71(6)7)96-79(84)62-54-46-36-30-24-26-32-40-48-56-70(4)5/h69-75,80H,9-68H2,1-8H3,(H,85,86)(H,87,88)/t72?,73-,74-,75-/m1/s1. The number of hydrogen-bond donors (Lipinski definition) is 3. The normalized spacial score (nSPS) is 14.3. The molecule has 0 aromatic rings. The van der Waals surface area contributed by atoms with Gasteiger partial charge in [0.2, 0.25) is 0 Å². The number of carbonyl (C=O) groups excluding carboxylic acids is 4. The second-order valence-electron chi connectivity index (χ2n) is 30.1. The summed E-state index contributed by atoms with van der Waals surface area (Å²) in [7, 11) is -9.92. The highest BCUT2D eigenvalue weighted by atomic mass is 31.2. The van der Waals surface area contributed by atoms with Crippen molar-refractivity contribution >= 4 is 39.5 Å². The molecule has 0 aromatic heterocycles. The summed E-state index contributed by atoms with van der Waals surface area (Å²) in [4.78, 5) is 72.9. The van der Waals surface area contributed by atoms with Crippen LogP contribution in [0.1, 0.15) is 402 Å². The lowest BCUT2D eigenvalue weighted by molar-refractivity contribution is -0.161. The predicted octanol–water partition coefficient (Wildman–Crippen LogP) is 23.2. The van der Waals surface area contributed by atoms with E-state index in [1.807, 2.05) is 0 Å². The SMILES string of the molecule is CCC(C)CCCCCCCCCCCCCCCCC(=O)OC[C@H](COP(=O)(O)OC[C@@H](O)COP(=O)(O)OC[C@@H](COC(=O)CCCCCCCCC(C)C)OC(=O)CCCCCCCCCCCC(C)C)OC(=O)CCCCCCCCCCCCCCCCCCC(C)C. The van der Waals surface area contributed by atoms with Crippen molar-refractivity contribution in [2.75, 3.05) is 39.6 Å². The highest BCUT2D eigenvalue weighted by Gasteiger charge is 2.30. The quantitative estimate of drug-likeness (QED) is 0.0222. The van der Waals surface area contributed by atoms with Gasteiger partial charge in [0, 0.05) is 25.7 Å². The van der Waals surface area contributed by atoms with E-state index >= 15 is 0 Å². The monoisotopic (exact) mass is 1440 g/mol. The molecule has 0 aliphatic rings. The first-order valence-corrected chi connectivity index (χ1v) is 43.7. The van der Waals surface area contributed by atoms with Crippen molar-refractivity contribution in [2.45, 2.75) is 420 Å². The van der Waals surface area contributed by atoms with Gasteiger partial charge in [0.05, 0.1) is 26.4 Å². The molecule has 3 N–H and O–H groups in total. The summed E-state index contributed by atoms with van der Waals surface area (Å²) < 4.78 is 68.6. The van der Waals surface area contributed by atoms with Crippen molar-refractivity contribution in [3.8, 4) is 0 Å². The fraction of sp³-hybridized carbons (Fsp3) is 0.949. The summed E-state index contributed by atoms with van der Waals surface area (Å²) in [5, 5.41) is 10.6. The number of carbonyl (C=O) groups is 4. The third-order valence-electron chi connectivity index (χ3n) is 18.7. The molecule has 6 atom stereocenters. The molecule has 0 saturated heterocycles. The first kappa shape index (κ1) is 96.1. The van der Waals surface area contributed by atoms with Crippen LogP contribution in [0.4, 0.5) is 0 Å². The van der Waals surface area contributed by atoms with Crippen LogP contribution in [0.3, 0.4) is 0 Å². The third kappa shape index (κ3) is 71.1. The van der Waals surface area contributed by atoms with E-state index in [1.165, 1.54) is 199 Å². The van der Waals surface area contributed by atoms with E-state index in [9.17, 15) is 43.2 Å². The number of rotatable bonds is 76. The molecule has 0 fully saturated rings. The lowest BCUT2D eigenvalue weighted by Crippen LogP contribution is -2.30. The summed E-state index contributed by atoms with van der Waals surface area (Å²) in [5.74, 6) is 0.956. The van der Waals surface area contributed by atoms with E-state index in [0.717, 1.165) is 114 Å². The van der Waals surface area contributed by atoms with Gasteiger partial charge in [-0.25, -0.2) is 9.13 Å². The fourth-order valence-corrected chi connectivity index (χ4v) is 13.6. The number of hydrogen-bond acceptors (Lipinski definition) is 15. The molecule has 0 radical (unpaired) electrons. The molecular weight excluding hydrogens is 1280 g/mol. The second kappa shape index (κ2) is 68.2. The first-order valence-electron chi connectivity index (χ1n) is 40.7. The number of aliphatic hydroxyl groups is 1. The Morgan fingerprint density at radius 3 is 0.724 bits per heavy atom. The Morgan fingerprint density at radius 2 is 0.490 bits per heavy atom. The molecule has 3 unspecified atom stereocenters. The maximum absolute atomic E-state index is 13.1. The number of phosphoric acid groups is 2. The van der Waals surface area contributed by atoms with Crippen LogP contribution in [-0.4, -0.2) is 96.7 Å². The van der Waals surface area contributed by atoms with Crippen LogP contribution >= 0.6 is 15.6 Å². The molecular formula is C79H154O17P2. The number of ether oxygens (including phenoxy) is 4. The molecule has 0 spiro atoms. The Labute approximate surface area is 600 Å². The van der Waals surface area contributed by atoms with Crippen molar-refractivity contribution in [3.05, 3.63) is 0 Å². The average molecular weight is 1440 g/mol. The fourth-order valence-electron chi connectivity index (χ4n) is 12.0. The second-order valence-corrected chi connectivity index (χ2v) is 33.0. The molecule has 0 amide bonds. The Kier molecular flexibility index (Phi) is 66.8. The van der Waals surface area contributed by atoms with E-state index in [2.05, 4.69) is 55.4 Å². The first-order chi connectivity index (χ1) is 47.1. The highest BCUT2D eigenvalue weighted by Crippen LogP contribution is 2.45. The van der Waals surface area contributed by atoms with Crippen LogP contribution in [0.15, 0.2) is 0 Å². The van der Waals surface area contributed by atoms with Gasteiger partial charge in [-0.3, -0.25) is 37.3 Å². The van der Waals surface area contributed by atoms with Crippen molar-refractivity contribution in [1.82, 2.24) is 0 Å².